The molecule has 2 N–H and O–H groups in total. The molecule has 2 aromatic carbocycles. The van der Waals surface area contributed by atoms with E-state index in [2.05, 4.69) is 15.6 Å². The third-order valence-corrected chi connectivity index (χ3v) is 9.75. The van der Waals surface area contributed by atoms with Crippen LogP contribution in [0.1, 0.15) is 42.2 Å². The first-order valence-corrected chi connectivity index (χ1v) is 15.2. The molecule has 0 unspecified atom stereocenters. The van der Waals surface area contributed by atoms with Gasteiger partial charge < -0.3 is 15.4 Å². The van der Waals surface area contributed by atoms with Gasteiger partial charge in [-0.3, -0.25) is 14.6 Å². The number of aromatic nitrogens is 1. The number of carbonyl (C=O) groups is 2. The number of nitrogens with zero attached hydrogens (tertiary/aromatic N) is 1. The lowest BCUT2D eigenvalue weighted by atomic mass is 9.83. The van der Waals surface area contributed by atoms with Crippen molar-refractivity contribution in [3.8, 4) is 16.9 Å². The van der Waals surface area contributed by atoms with Crippen LogP contribution in [-0.2, 0) is 21.1 Å². The average Bonchev–Trinajstić information content (AvgIpc) is 3.58. The number of rotatable bonds is 8. The Kier molecular flexibility index (Phi) is 8.21. The first-order chi connectivity index (χ1) is 20.3. The van der Waals surface area contributed by atoms with Crippen molar-refractivity contribution in [3.05, 3.63) is 71.8 Å². The van der Waals surface area contributed by atoms with Gasteiger partial charge in [0.05, 0.1) is 23.5 Å². The molecule has 0 saturated heterocycles. The molecule has 2 aliphatic carbocycles. The predicted octanol–water partition coefficient (Wildman–Crippen LogP) is 5.54. The Morgan fingerprint density at radius 1 is 1.07 bits per heavy atom. The van der Waals surface area contributed by atoms with Crippen molar-refractivity contribution in [2.45, 2.75) is 49.1 Å². The highest BCUT2D eigenvalue weighted by Gasteiger charge is 2.52. The zero-order chi connectivity index (χ0) is 31.1. The van der Waals surface area contributed by atoms with Gasteiger partial charge in [0.15, 0.2) is 0 Å². The molecule has 4 atom stereocenters. The summed E-state index contributed by atoms with van der Waals surface area (Å²) < 4.78 is 83.2. The average molecular weight is 620 g/mol. The van der Waals surface area contributed by atoms with E-state index in [4.69, 9.17) is 4.74 Å². The van der Waals surface area contributed by atoms with Gasteiger partial charge in [-0.05, 0) is 67.9 Å². The van der Waals surface area contributed by atoms with E-state index in [-0.39, 0.29) is 34.4 Å². The first kappa shape index (κ1) is 30.5. The third kappa shape index (κ3) is 5.82. The summed E-state index contributed by atoms with van der Waals surface area (Å²) in [5, 5.41) is 5.47. The van der Waals surface area contributed by atoms with Crippen LogP contribution in [0.3, 0.4) is 0 Å². The summed E-state index contributed by atoms with van der Waals surface area (Å²) in [6.45, 7) is 1.94. The van der Waals surface area contributed by atoms with E-state index >= 15 is 4.39 Å². The van der Waals surface area contributed by atoms with Crippen molar-refractivity contribution >= 4 is 27.3 Å². The molecule has 2 saturated carbocycles. The molecule has 1 aromatic heterocycles. The molecule has 1 heterocycles. The van der Waals surface area contributed by atoms with Crippen molar-refractivity contribution in [2.24, 2.45) is 17.8 Å². The fourth-order valence-corrected chi connectivity index (χ4v) is 6.93. The van der Waals surface area contributed by atoms with Gasteiger partial charge in [-0.1, -0.05) is 19.1 Å². The lowest BCUT2D eigenvalue weighted by Gasteiger charge is -2.31. The summed E-state index contributed by atoms with van der Waals surface area (Å²) >= 11 is 0. The second-order valence-electron chi connectivity index (χ2n) is 10.7. The summed E-state index contributed by atoms with van der Waals surface area (Å²) in [7, 11) is -4.30. The van der Waals surface area contributed by atoms with Gasteiger partial charge in [-0.15, -0.1) is 0 Å². The number of halogens is 4. The second-order valence-corrected chi connectivity index (χ2v) is 12.7. The Morgan fingerprint density at radius 2 is 1.81 bits per heavy atom. The molecule has 2 fully saturated rings. The molecule has 2 bridgehead atoms. The van der Waals surface area contributed by atoms with Gasteiger partial charge in [0.2, 0.25) is 5.91 Å². The van der Waals surface area contributed by atoms with Gasteiger partial charge in [0.25, 0.3) is 15.7 Å². The van der Waals surface area contributed by atoms with Crippen LogP contribution < -0.4 is 15.4 Å². The number of benzene rings is 2. The van der Waals surface area contributed by atoms with Gasteiger partial charge in [-0.25, -0.2) is 12.8 Å². The van der Waals surface area contributed by atoms with Crippen molar-refractivity contribution in [1.29, 1.82) is 0 Å². The normalized spacial score (nSPS) is 21.4. The standard InChI is InChI=1S/C30H29F4N3O5S/c1-3-19-10-9-18(15-35-19)22-13-23(25(42-2)14-24(22)31)28(38)37-27-17-8-7-16(11-17)26(27)29(39)36-20-5-4-6-21(12-20)43(40,41)30(32,33)34/h4-6,9-10,12-17,26-27H,3,7-8,11H2,1-2H3,(H,36,39)(H,37,38)/t16-,17+,26+,27-/m1/s1. The predicted molar refractivity (Wildman–Crippen MR) is 149 cm³/mol. The van der Waals surface area contributed by atoms with Crippen molar-refractivity contribution in [3.63, 3.8) is 0 Å². The topological polar surface area (TPSA) is 114 Å². The monoisotopic (exact) mass is 619 g/mol. The van der Waals surface area contributed by atoms with E-state index in [1.54, 1.807) is 12.1 Å². The van der Waals surface area contributed by atoms with Crippen LogP contribution in [0.2, 0.25) is 0 Å². The Hall–Kier alpha value is -4.00. The number of fused-ring (bicyclic) bond motifs is 2. The number of anilines is 1. The number of nitrogens with one attached hydrogen (secondary N) is 2. The number of hydrogen-bond acceptors (Lipinski definition) is 6. The Labute approximate surface area is 245 Å². The molecule has 5 rings (SSSR count). The van der Waals surface area contributed by atoms with Gasteiger partial charge in [-0.2, -0.15) is 13.2 Å². The van der Waals surface area contributed by atoms with Crippen LogP contribution in [0.15, 0.2) is 59.6 Å². The molecule has 8 nitrogen and oxygen atoms in total. The van der Waals surface area contributed by atoms with Gasteiger partial charge >= 0.3 is 5.51 Å². The summed E-state index contributed by atoms with van der Waals surface area (Å²) in [6, 6.07) is 9.32. The van der Waals surface area contributed by atoms with Crippen molar-refractivity contribution in [1.82, 2.24) is 10.3 Å². The van der Waals surface area contributed by atoms with Gasteiger partial charge in [0, 0.05) is 40.8 Å². The molecule has 2 amide bonds. The summed E-state index contributed by atoms with van der Waals surface area (Å²) in [5.41, 5.74) is -4.10. The maximum Gasteiger partial charge on any atom is 0.501 e. The highest BCUT2D eigenvalue weighted by atomic mass is 32.2. The Bertz CT molecular complexity index is 1660. The molecule has 0 aliphatic heterocycles. The fourth-order valence-electron chi connectivity index (χ4n) is 6.12. The molecule has 43 heavy (non-hydrogen) atoms. The maximum absolute atomic E-state index is 15.0. The quantitative estimate of drug-likeness (QED) is 0.321. The van der Waals surface area contributed by atoms with E-state index in [1.807, 2.05) is 6.92 Å². The minimum Gasteiger partial charge on any atom is -0.496 e. The summed E-state index contributed by atoms with van der Waals surface area (Å²) in [5.74, 6) is -2.57. The number of methoxy groups -OCH3 is 1. The third-order valence-electron chi connectivity index (χ3n) is 8.27. The lowest BCUT2D eigenvalue weighted by molar-refractivity contribution is -0.122. The van der Waals surface area contributed by atoms with Crippen LogP contribution in [0.25, 0.3) is 11.1 Å². The molecule has 13 heteroatoms. The summed E-state index contributed by atoms with van der Waals surface area (Å²) in [6.07, 6.45) is 4.38. The number of alkyl halides is 3. The van der Waals surface area contributed by atoms with Crippen LogP contribution in [-0.4, -0.2) is 43.9 Å². The first-order valence-electron chi connectivity index (χ1n) is 13.7. The number of hydrogen-bond donors (Lipinski definition) is 2. The molecule has 228 valence electrons. The number of pyridine rings is 1. The van der Waals surface area contributed by atoms with Crippen LogP contribution in [0.5, 0.6) is 5.75 Å². The minimum absolute atomic E-state index is 0.00346. The molecule has 0 radical (unpaired) electrons. The van der Waals surface area contributed by atoms with E-state index < -0.39 is 49.8 Å². The number of amides is 2. The summed E-state index contributed by atoms with van der Waals surface area (Å²) in [4.78, 5) is 30.3. The number of carbonyl (C=O) groups excluding carboxylic acids is 2. The van der Waals surface area contributed by atoms with Crippen molar-refractivity contribution in [2.75, 3.05) is 12.4 Å². The van der Waals surface area contributed by atoms with Crippen molar-refractivity contribution < 1.29 is 40.3 Å². The Balaban J connectivity index is 1.39. The van der Waals surface area contributed by atoms with Crippen LogP contribution >= 0.6 is 0 Å². The van der Waals surface area contributed by atoms with Crippen LogP contribution in [0, 0.1) is 23.6 Å². The van der Waals surface area contributed by atoms with E-state index in [0.29, 0.717) is 18.4 Å². The van der Waals surface area contributed by atoms with E-state index in [1.165, 1.54) is 25.4 Å². The van der Waals surface area contributed by atoms with E-state index in [9.17, 15) is 31.2 Å². The number of aryl methyl sites for hydroxylation is 1. The smallest absolute Gasteiger partial charge is 0.496 e. The molecule has 2 aliphatic rings. The number of ether oxygens (including phenoxy) is 1. The molecule has 0 spiro atoms. The SMILES string of the molecule is CCc1ccc(-c2cc(C(=O)N[C@@H]3[C@H]4CC[C@H](C4)[C@@H]3C(=O)Nc3cccc(S(=O)(=O)C(F)(F)F)c3)c(OC)cc2F)cn1. The molecule has 3 aromatic rings. The fraction of sp³-hybridized carbons (Fsp3) is 0.367. The molecular formula is C30H29F4N3O5S. The number of sulfone groups is 1. The largest absolute Gasteiger partial charge is 0.501 e. The lowest BCUT2D eigenvalue weighted by Crippen LogP contribution is -2.48. The van der Waals surface area contributed by atoms with Gasteiger partial charge in [0.1, 0.15) is 11.6 Å². The zero-order valence-electron chi connectivity index (χ0n) is 23.2. The second kappa shape index (κ2) is 11.6. The minimum atomic E-state index is -5.61. The van der Waals surface area contributed by atoms with Crippen LogP contribution in [0.4, 0.5) is 23.2 Å². The molecular weight excluding hydrogens is 590 g/mol. The zero-order valence-corrected chi connectivity index (χ0v) is 24.1. The maximum atomic E-state index is 15.0. The highest BCUT2D eigenvalue weighted by Crippen LogP contribution is 2.49. The highest BCUT2D eigenvalue weighted by molar-refractivity contribution is 7.92. The van der Waals surface area contributed by atoms with E-state index in [0.717, 1.165) is 42.8 Å². The Morgan fingerprint density at radius 3 is 2.47 bits per heavy atom.